The summed E-state index contributed by atoms with van der Waals surface area (Å²) in [6, 6.07) is 2.51. The molecule has 2 aromatic heterocycles. The van der Waals surface area contributed by atoms with Gasteiger partial charge in [-0.3, -0.25) is 0 Å². The molecule has 0 saturated heterocycles. The number of hydrogen-bond acceptors (Lipinski definition) is 2. The fourth-order valence-corrected chi connectivity index (χ4v) is 1.65. The molecule has 80 valence electrons. The van der Waals surface area contributed by atoms with Gasteiger partial charge in [-0.15, -0.1) is 0 Å². The Hall–Kier alpha value is -1.38. The molecule has 0 aliphatic carbocycles. The monoisotopic (exact) mass is 203 g/mol. The van der Waals surface area contributed by atoms with Gasteiger partial charge < -0.3 is 4.57 Å². The molecule has 0 N–H and O–H groups in total. The van der Waals surface area contributed by atoms with Gasteiger partial charge in [0.1, 0.15) is 11.5 Å². The van der Waals surface area contributed by atoms with Gasteiger partial charge in [0.15, 0.2) is 0 Å². The second-order valence-corrected chi connectivity index (χ2v) is 4.48. The minimum atomic E-state index is 0.380. The van der Waals surface area contributed by atoms with Gasteiger partial charge in [0.05, 0.1) is 0 Å². The van der Waals surface area contributed by atoms with Crippen molar-refractivity contribution in [3.05, 3.63) is 24.3 Å². The summed E-state index contributed by atoms with van der Waals surface area (Å²) in [6.07, 6.45) is 3.99. The van der Waals surface area contributed by atoms with Gasteiger partial charge in [-0.2, -0.15) is 0 Å². The van der Waals surface area contributed by atoms with Crippen LogP contribution in [-0.2, 0) is 0 Å². The molecule has 0 radical (unpaired) electrons. The van der Waals surface area contributed by atoms with Crippen LogP contribution in [0.4, 0.5) is 0 Å². The number of fused-ring (bicyclic) bond motifs is 1. The Balaban J connectivity index is 2.61. The highest BCUT2D eigenvalue weighted by molar-refractivity contribution is 5.75. The lowest BCUT2D eigenvalue weighted by molar-refractivity contribution is 0.615. The van der Waals surface area contributed by atoms with Crippen LogP contribution in [0.15, 0.2) is 18.5 Å². The SMILES string of the molecule is CC(C)c1ncc2ccn(C(C)C)c2n1. The van der Waals surface area contributed by atoms with E-state index in [0.29, 0.717) is 12.0 Å². The first kappa shape index (κ1) is 10.1. The van der Waals surface area contributed by atoms with Crippen LogP contribution in [0, 0.1) is 0 Å². The molecule has 0 unspecified atom stereocenters. The van der Waals surface area contributed by atoms with E-state index in [-0.39, 0.29) is 0 Å². The van der Waals surface area contributed by atoms with Crippen LogP contribution in [0.1, 0.15) is 45.5 Å². The Morgan fingerprint density at radius 2 is 1.93 bits per heavy atom. The minimum Gasteiger partial charge on any atom is -0.330 e. The predicted octanol–water partition coefficient (Wildman–Crippen LogP) is 3.14. The van der Waals surface area contributed by atoms with Gasteiger partial charge in [0, 0.05) is 29.7 Å². The molecule has 0 aliphatic heterocycles. The first-order valence-corrected chi connectivity index (χ1v) is 5.43. The van der Waals surface area contributed by atoms with Crippen LogP contribution in [0.3, 0.4) is 0 Å². The first-order chi connectivity index (χ1) is 7.09. The summed E-state index contributed by atoms with van der Waals surface area (Å²) in [5.41, 5.74) is 1.05. The Labute approximate surface area is 90.2 Å². The Morgan fingerprint density at radius 1 is 1.20 bits per heavy atom. The molecule has 0 aromatic carbocycles. The van der Waals surface area contributed by atoms with Crippen molar-refractivity contribution < 1.29 is 0 Å². The summed E-state index contributed by atoms with van der Waals surface area (Å²) >= 11 is 0. The van der Waals surface area contributed by atoms with Crippen LogP contribution in [0.2, 0.25) is 0 Å². The van der Waals surface area contributed by atoms with E-state index in [1.54, 1.807) is 0 Å². The largest absolute Gasteiger partial charge is 0.330 e. The standard InChI is InChI=1S/C12H17N3/c1-8(2)11-13-7-10-5-6-15(9(3)4)12(10)14-11/h5-9H,1-4H3. The molecule has 0 aliphatic rings. The topological polar surface area (TPSA) is 30.7 Å². The molecule has 0 saturated carbocycles. The maximum atomic E-state index is 4.61. The summed E-state index contributed by atoms with van der Waals surface area (Å²) in [4.78, 5) is 8.96. The molecule has 2 heterocycles. The van der Waals surface area contributed by atoms with E-state index in [9.17, 15) is 0 Å². The van der Waals surface area contributed by atoms with E-state index in [1.807, 2.05) is 6.20 Å². The minimum absolute atomic E-state index is 0.380. The van der Waals surface area contributed by atoms with Crippen molar-refractivity contribution in [2.75, 3.05) is 0 Å². The highest BCUT2D eigenvalue weighted by Gasteiger charge is 2.09. The second kappa shape index (κ2) is 3.65. The fraction of sp³-hybridized carbons (Fsp3) is 0.500. The smallest absolute Gasteiger partial charge is 0.143 e. The van der Waals surface area contributed by atoms with Crippen LogP contribution in [0.25, 0.3) is 11.0 Å². The second-order valence-electron chi connectivity index (χ2n) is 4.48. The van der Waals surface area contributed by atoms with Crippen LogP contribution < -0.4 is 0 Å². The highest BCUT2D eigenvalue weighted by atomic mass is 15.1. The van der Waals surface area contributed by atoms with Crippen molar-refractivity contribution in [2.45, 2.75) is 39.7 Å². The maximum Gasteiger partial charge on any atom is 0.143 e. The average Bonchev–Trinajstić information content (AvgIpc) is 2.59. The summed E-state index contributed by atoms with van der Waals surface area (Å²) in [7, 11) is 0. The zero-order valence-corrected chi connectivity index (χ0v) is 9.73. The summed E-state index contributed by atoms with van der Waals surface area (Å²) < 4.78 is 2.18. The Bertz CT molecular complexity index is 469. The zero-order chi connectivity index (χ0) is 11.0. The van der Waals surface area contributed by atoms with E-state index < -0.39 is 0 Å². The third-order valence-electron chi connectivity index (χ3n) is 2.55. The lowest BCUT2D eigenvalue weighted by Crippen LogP contribution is -2.03. The molecule has 0 amide bonds. The van der Waals surface area contributed by atoms with Crippen LogP contribution >= 0.6 is 0 Å². The molecule has 2 rings (SSSR count). The van der Waals surface area contributed by atoms with Gasteiger partial charge in [0.2, 0.25) is 0 Å². The van der Waals surface area contributed by atoms with E-state index in [4.69, 9.17) is 0 Å². The van der Waals surface area contributed by atoms with Crippen molar-refractivity contribution in [2.24, 2.45) is 0 Å². The molecule has 0 spiro atoms. The van der Waals surface area contributed by atoms with E-state index in [0.717, 1.165) is 16.9 Å². The average molecular weight is 203 g/mol. The number of aromatic nitrogens is 3. The van der Waals surface area contributed by atoms with Gasteiger partial charge >= 0.3 is 0 Å². The quantitative estimate of drug-likeness (QED) is 0.750. The van der Waals surface area contributed by atoms with Crippen LogP contribution in [-0.4, -0.2) is 14.5 Å². The number of nitrogens with zero attached hydrogens (tertiary/aromatic N) is 3. The highest BCUT2D eigenvalue weighted by Crippen LogP contribution is 2.19. The van der Waals surface area contributed by atoms with Gasteiger partial charge in [-0.05, 0) is 19.9 Å². The predicted molar refractivity (Wildman–Crippen MR) is 62.0 cm³/mol. The first-order valence-electron chi connectivity index (χ1n) is 5.43. The van der Waals surface area contributed by atoms with Crippen molar-refractivity contribution in [1.29, 1.82) is 0 Å². The van der Waals surface area contributed by atoms with Crippen molar-refractivity contribution in [3.63, 3.8) is 0 Å². The molecule has 0 atom stereocenters. The van der Waals surface area contributed by atoms with E-state index >= 15 is 0 Å². The van der Waals surface area contributed by atoms with Gasteiger partial charge in [-0.25, -0.2) is 9.97 Å². The van der Waals surface area contributed by atoms with Gasteiger partial charge in [-0.1, -0.05) is 13.8 Å². The molecular formula is C12H17N3. The molecule has 15 heavy (non-hydrogen) atoms. The van der Waals surface area contributed by atoms with Crippen LogP contribution in [0.5, 0.6) is 0 Å². The normalized spacial score (nSPS) is 11.9. The Kier molecular flexibility index (Phi) is 2.47. The number of hydrogen-bond donors (Lipinski definition) is 0. The molecule has 3 heteroatoms. The summed E-state index contributed by atoms with van der Waals surface area (Å²) in [5, 5.41) is 1.12. The molecular weight excluding hydrogens is 186 g/mol. The lowest BCUT2D eigenvalue weighted by Gasteiger charge is -2.09. The third-order valence-corrected chi connectivity index (χ3v) is 2.55. The fourth-order valence-electron chi connectivity index (χ4n) is 1.65. The lowest BCUT2D eigenvalue weighted by atomic mass is 10.2. The third kappa shape index (κ3) is 1.74. The Morgan fingerprint density at radius 3 is 2.53 bits per heavy atom. The van der Waals surface area contributed by atoms with E-state index in [1.165, 1.54) is 0 Å². The summed E-state index contributed by atoms with van der Waals surface area (Å²) in [6.45, 7) is 8.56. The summed E-state index contributed by atoms with van der Waals surface area (Å²) in [5.74, 6) is 1.30. The van der Waals surface area contributed by atoms with Crippen molar-refractivity contribution in [3.8, 4) is 0 Å². The zero-order valence-electron chi connectivity index (χ0n) is 9.73. The van der Waals surface area contributed by atoms with Crippen molar-refractivity contribution >= 4 is 11.0 Å². The van der Waals surface area contributed by atoms with Crippen molar-refractivity contribution in [1.82, 2.24) is 14.5 Å². The van der Waals surface area contributed by atoms with Gasteiger partial charge in [0.25, 0.3) is 0 Å². The molecule has 3 nitrogen and oxygen atoms in total. The molecule has 2 aromatic rings. The number of rotatable bonds is 2. The molecule has 0 fully saturated rings. The maximum absolute atomic E-state index is 4.61. The van der Waals surface area contributed by atoms with E-state index in [2.05, 4.69) is 54.5 Å². The molecule has 0 bridgehead atoms.